The molecule has 1 aromatic carbocycles. The van der Waals surface area contributed by atoms with Crippen molar-refractivity contribution in [2.24, 2.45) is 0 Å². The summed E-state index contributed by atoms with van der Waals surface area (Å²) in [6, 6.07) is 5.58. The summed E-state index contributed by atoms with van der Waals surface area (Å²) in [4.78, 5) is 0. The number of halogens is 2. The maximum absolute atomic E-state index is 13.5. The Hall–Kier alpha value is -1.40. The van der Waals surface area contributed by atoms with Gasteiger partial charge in [0, 0.05) is 16.7 Å². The van der Waals surface area contributed by atoms with Crippen LogP contribution in [0, 0.1) is 12.7 Å². The monoisotopic (exact) mass is 303 g/mol. The van der Waals surface area contributed by atoms with Gasteiger partial charge in [-0.3, -0.25) is 0 Å². The van der Waals surface area contributed by atoms with Gasteiger partial charge in [-0.15, -0.1) is 0 Å². The first-order valence-electron chi connectivity index (χ1n) is 5.43. The van der Waals surface area contributed by atoms with E-state index in [1.807, 2.05) is 0 Å². The standard InChI is InChI=1S/C12H11ClFNO3S/c1-8-5-9(18-15-8)6-19(16,17)7-10-11(13)3-2-4-12(10)14/h2-5H,6-7H2,1H3. The van der Waals surface area contributed by atoms with Crippen molar-refractivity contribution < 1.29 is 17.3 Å². The summed E-state index contributed by atoms with van der Waals surface area (Å²) in [5, 5.41) is 3.70. The van der Waals surface area contributed by atoms with Crippen molar-refractivity contribution in [1.29, 1.82) is 0 Å². The summed E-state index contributed by atoms with van der Waals surface area (Å²) >= 11 is 5.80. The van der Waals surface area contributed by atoms with Crippen molar-refractivity contribution in [3.05, 3.63) is 52.1 Å². The van der Waals surface area contributed by atoms with Crippen molar-refractivity contribution >= 4 is 21.4 Å². The third-order valence-electron chi connectivity index (χ3n) is 2.46. The van der Waals surface area contributed by atoms with Crippen molar-refractivity contribution in [2.75, 3.05) is 0 Å². The topological polar surface area (TPSA) is 60.2 Å². The van der Waals surface area contributed by atoms with E-state index in [0.717, 1.165) is 0 Å². The molecule has 0 aliphatic heterocycles. The first kappa shape index (κ1) is 14.0. The Morgan fingerprint density at radius 3 is 2.68 bits per heavy atom. The average molecular weight is 304 g/mol. The molecule has 0 bridgehead atoms. The van der Waals surface area contributed by atoms with E-state index in [4.69, 9.17) is 16.1 Å². The molecule has 0 spiro atoms. The van der Waals surface area contributed by atoms with Crippen LogP contribution in [0.4, 0.5) is 4.39 Å². The molecule has 0 unspecified atom stereocenters. The Bertz CT molecular complexity index is 677. The SMILES string of the molecule is Cc1cc(CS(=O)(=O)Cc2c(F)cccc2Cl)on1. The lowest BCUT2D eigenvalue weighted by atomic mass is 10.2. The molecule has 0 aliphatic rings. The van der Waals surface area contributed by atoms with E-state index in [0.29, 0.717) is 5.69 Å². The number of rotatable bonds is 4. The summed E-state index contributed by atoms with van der Waals surface area (Å²) in [5.41, 5.74) is 0.564. The fourth-order valence-electron chi connectivity index (χ4n) is 1.64. The number of aryl methyl sites for hydroxylation is 1. The molecule has 1 aromatic heterocycles. The van der Waals surface area contributed by atoms with Crippen LogP contribution in [0.3, 0.4) is 0 Å². The van der Waals surface area contributed by atoms with Gasteiger partial charge in [0.2, 0.25) is 0 Å². The molecule has 102 valence electrons. The van der Waals surface area contributed by atoms with E-state index in [1.54, 1.807) is 6.92 Å². The van der Waals surface area contributed by atoms with Crippen LogP contribution in [0.5, 0.6) is 0 Å². The lowest BCUT2D eigenvalue weighted by Crippen LogP contribution is -2.09. The van der Waals surface area contributed by atoms with Crippen LogP contribution in [0.25, 0.3) is 0 Å². The molecular formula is C12H11ClFNO3S. The third-order valence-corrected chi connectivity index (χ3v) is 4.27. The van der Waals surface area contributed by atoms with E-state index in [-0.39, 0.29) is 22.1 Å². The Kier molecular flexibility index (Phi) is 3.91. The maximum Gasteiger partial charge on any atom is 0.161 e. The van der Waals surface area contributed by atoms with Gasteiger partial charge in [-0.25, -0.2) is 12.8 Å². The minimum absolute atomic E-state index is 0.0274. The van der Waals surface area contributed by atoms with Gasteiger partial charge in [0.1, 0.15) is 11.6 Å². The summed E-state index contributed by atoms with van der Waals surface area (Å²) in [6.07, 6.45) is 0. The number of aromatic nitrogens is 1. The molecule has 1 heterocycles. The molecule has 0 amide bonds. The summed E-state index contributed by atoms with van der Waals surface area (Å²) in [7, 11) is -3.58. The highest BCUT2D eigenvalue weighted by atomic mass is 35.5. The van der Waals surface area contributed by atoms with Crippen LogP contribution in [0.15, 0.2) is 28.8 Å². The number of hydrogen-bond donors (Lipinski definition) is 0. The Morgan fingerprint density at radius 2 is 2.11 bits per heavy atom. The fourth-order valence-corrected chi connectivity index (χ4v) is 3.36. The van der Waals surface area contributed by atoms with Crippen molar-refractivity contribution in [1.82, 2.24) is 5.16 Å². The average Bonchev–Trinajstić information content (AvgIpc) is 2.69. The number of hydrogen-bond acceptors (Lipinski definition) is 4. The molecule has 2 aromatic rings. The van der Waals surface area contributed by atoms with Gasteiger partial charge in [0.15, 0.2) is 15.6 Å². The molecule has 0 fully saturated rings. The van der Waals surface area contributed by atoms with Crippen LogP contribution in [0.2, 0.25) is 5.02 Å². The van der Waals surface area contributed by atoms with Gasteiger partial charge in [-0.1, -0.05) is 22.8 Å². The predicted molar refractivity (Wildman–Crippen MR) is 69.0 cm³/mol. The molecule has 19 heavy (non-hydrogen) atoms. The second-order valence-electron chi connectivity index (χ2n) is 4.17. The van der Waals surface area contributed by atoms with E-state index < -0.39 is 21.4 Å². The van der Waals surface area contributed by atoms with Crippen LogP contribution in [0.1, 0.15) is 17.0 Å². The molecular weight excluding hydrogens is 293 g/mol. The maximum atomic E-state index is 13.5. The quantitative estimate of drug-likeness (QED) is 0.871. The predicted octanol–water partition coefficient (Wildman–Crippen LogP) is 2.89. The zero-order chi connectivity index (χ0) is 14.0. The molecule has 4 nitrogen and oxygen atoms in total. The normalized spacial score (nSPS) is 11.7. The van der Waals surface area contributed by atoms with Crippen LogP contribution in [-0.2, 0) is 21.3 Å². The van der Waals surface area contributed by atoms with Crippen LogP contribution in [-0.4, -0.2) is 13.6 Å². The first-order chi connectivity index (χ1) is 8.87. The molecule has 2 rings (SSSR count). The minimum Gasteiger partial charge on any atom is -0.360 e. The number of nitrogens with zero attached hydrogens (tertiary/aromatic N) is 1. The van der Waals surface area contributed by atoms with Crippen molar-refractivity contribution in [3.8, 4) is 0 Å². The highest BCUT2D eigenvalue weighted by molar-refractivity contribution is 7.89. The zero-order valence-electron chi connectivity index (χ0n) is 10.1. The largest absolute Gasteiger partial charge is 0.360 e. The molecule has 7 heteroatoms. The van der Waals surface area contributed by atoms with Gasteiger partial charge in [0.05, 0.1) is 11.4 Å². The second kappa shape index (κ2) is 5.30. The van der Waals surface area contributed by atoms with Crippen molar-refractivity contribution in [3.63, 3.8) is 0 Å². The van der Waals surface area contributed by atoms with Crippen LogP contribution < -0.4 is 0 Å². The first-order valence-corrected chi connectivity index (χ1v) is 7.63. The zero-order valence-corrected chi connectivity index (χ0v) is 11.6. The lowest BCUT2D eigenvalue weighted by molar-refractivity contribution is 0.388. The minimum atomic E-state index is -3.58. The molecule has 0 aliphatic carbocycles. The Balaban J connectivity index is 2.22. The molecule has 0 radical (unpaired) electrons. The van der Waals surface area contributed by atoms with E-state index in [1.165, 1.54) is 24.3 Å². The Labute approximate surface area is 115 Å². The smallest absolute Gasteiger partial charge is 0.161 e. The molecule has 0 saturated heterocycles. The van der Waals surface area contributed by atoms with Crippen molar-refractivity contribution in [2.45, 2.75) is 18.4 Å². The van der Waals surface area contributed by atoms with Crippen LogP contribution >= 0.6 is 11.6 Å². The second-order valence-corrected chi connectivity index (χ2v) is 6.64. The molecule has 0 atom stereocenters. The van der Waals surface area contributed by atoms with E-state index in [9.17, 15) is 12.8 Å². The van der Waals surface area contributed by atoms with E-state index in [2.05, 4.69) is 5.16 Å². The van der Waals surface area contributed by atoms with Gasteiger partial charge in [-0.2, -0.15) is 0 Å². The molecule has 0 saturated carbocycles. The third kappa shape index (κ3) is 3.54. The van der Waals surface area contributed by atoms with Gasteiger partial charge >= 0.3 is 0 Å². The lowest BCUT2D eigenvalue weighted by Gasteiger charge is -2.06. The number of benzene rings is 1. The fraction of sp³-hybridized carbons (Fsp3) is 0.250. The van der Waals surface area contributed by atoms with Gasteiger partial charge in [-0.05, 0) is 19.1 Å². The molecule has 0 N–H and O–H groups in total. The highest BCUT2D eigenvalue weighted by Gasteiger charge is 2.20. The summed E-state index contributed by atoms with van der Waals surface area (Å²) < 4.78 is 42.3. The van der Waals surface area contributed by atoms with E-state index >= 15 is 0 Å². The highest BCUT2D eigenvalue weighted by Crippen LogP contribution is 2.23. The summed E-state index contributed by atoms with van der Waals surface area (Å²) in [6.45, 7) is 1.69. The van der Waals surface area contributed by atoms with Gasteiger partial charge in [0.25, 0.3) is 0 Å². The number of sulfone groups is 1. The van der Waals surface area contributed by atoms with Gasteiger partial charge < -0.3 is 4.52 Å². The summed E-state index contributed by atoms with van der Waals surface area (Å²) in [5.74, 6) is -1.22. The Morgan fingerprint density at radius 1 is 1.37 bits per heavy atom.